The molecule has 7 aliphatic rings. The Morgan fingerprint density at radius 1 is 0.735 bits per heavy atom. The molecule has 0 spiro atoms. The van der Waals surface area contributed by atoms with E-state index in [0.29, 0.717) is 24.0 Å². The maximum atomic E-state index is 4.21. The standard InChI is InChI=1S/C47H80N2/c1-5-15-36-22-24-40(28-33(36)2)43-19-12-7-6-11-18-42(44-20-13-14-21-45(43)44)35(4)30-38-23-25-41(29-34(38)3)46-32-49-27-26-39(31-47(49)48-46)37-16-9-8-10-17-37/h23,25,30,33-37,39-48H,5-22,24,26-29,31-32H2,1-4H3/b38-30-. The molecule has 0 radical (unpaired) electrons. The van der Waals surface area contributed by atoms with E-state index >= 15 is 0 Å². The molecule has 2 saturated heterocycles. The summed E-state index contributed by atoms with van der Waals surface area (Å²) >= 11 is 0. The molecule has 0 amide bonds. The van der Waals surface area contributed by atoms with E-state index in [0.717, 1.165) is 59.2 Å². The van der Waals surface area contributed by atoms with Crippen LogP contribution in [0.2, 0.25) is 0 Å². The van der Waals surface area contributed by atoms with Gasteiger partial charge in [0.1, 0.15) is 0 Å². The van der Waals surface area contributed by atoms with Crippen molar-refractivity contribution in [2.45, 2.75) is 188 Å². The Balaban J connectivity index is 1.00. The van der Waals surface area contributed by atoms with Crippen LogP contribution in [0.4, 0.5) is 0 Å². The lowest BCUT2D eigenvalue weighted by Gasteiger charge is -2.48. The topological polar surface area (TPSA) is 15.3 Å². The van der Waals surface area contributed by atoms with Crippen LogP contribution in [0.3, 0.4) is 0 Å². The third-order valence-electron chi connectivity index (χ3n) is 16.7. The van der Waals surface area contributed by atoms with Gasteiger partial charge in [-0.2, -0.15) is 0 Å². The summed E-state index contributed by atoms with van der Waals surface area (Å²) in [6.45, 7) is 12.9. The van der Waals surface area contributed by atoms with Crippen LogP contribution < -0.4 is 5.32 Å². The molecular weight excluding hydrogens is 593 g/mol. The summed E-state index contributed by atoms with van der Waals surface area (Å²) in [7, 11) is 0. The minimum atomic E-state index is 0.654. The molecule has 2 nitrogen and oxygen atoms in total. The number of fused-ring (bicyclic) bond motifs is 2. The minimum Gasteiger partial charge on any atom is -0.297 e. The van der Waals surface area contributed by atoms with Crippen LogP contribution in [-0.4, -0.2) is 30.2 Å². The van der Waals surface area contributed by atoms with Gasteiger partial charge in [-0.25, -0.2) is 0 Å². The summed E-state index contributed by atoms with van der Waals surface area (Å²) in [5.41, 5.74) is 1.68. The Hall–Kier alpha value is -0.600. The first-order chi connectivity index (χ1) is 24.0. The van der Waals surface area contributed by atoms with Gasteiger partial charge in [-0.1, -0.05) is 129 Å². The van der Waals surface area contributed by atoms with E-state index in [1.165, 1.54) is 135 Å². The van der Waals surface area contributed by atoms with E-state index in [-0.39, 0.29) is 0 Å². The molecule has 0 aromatic carbocycles. The maximum absolute atomic E-state index is 4.21. The largest absolute Gasteiger partial charge is 0.297 e. The lowest BCUT2D eigenvalue weighted by molar-refractivity contribution is 0.0211. The summed E-state index contributed by atoms with van der Waals surface area (Å²) in [5.74, 6) is 11.0. The summed E-state index contributed by atoms with van der Waals surface area (Å²) in [4.78, 5) is 2.83. The van der Waals surface area contributed by atoms with Crippen molar-refractivity contribution >= 4 is 0 Å². The first-order valence-electron chi connectivity index (χ1n) is 22.9. The van der Waals surface area contributed by atoms with Crippen LogP contribution in [0.1, 0.15) is 175 Å². The molecule has 13 atom stereocenters. The fourth-order valence-electron chi connectivity index (χ4n) is 14.0. The zero-order valence-corrected chi connectivity index (χ0v) is 32.9. The SMILES string of the molecule is CCCC1CCC(C2CCCCCCC(C(C)/C=C3/C=CC(C4CN5CCC(C6CCCCC6)CC5N4)CC3C)C3CCCCC23)CC1C. The number of nitrogens with zero attached hydrogens (tertiary/aromatic N) is 1. The van der Waals surface area contributed by atoms with Crippen molar-refractivity contribution in [3.63, 3.8) is 0 Å². The minimum absolute atomic E-state index is 0.654. The Morgan fingerprint density at radius 2 is 1.45 bits per heavy atom. The van der Waals surface area contributed by atoms with E-state index in [4.69, 9.17) is 0 Å². The van der Waals surface area contributed by atoms with Crippen LogP contribution in [-0.2, 0) is 0 Å². The molecule has 13 unspecified atom stereocenters. The van der Waals surface area contributed by atoms with Gasteiger partial charge in [0.05, 0.1) is 6.17 Å². The second kappa shape index (κ2) is 17.5. The molecule has 4 saturated carbocycles. The number of hydrogen-bond donors (Lipinski definition) is 1. The van der Waals surface area contributed by atoms with Crippen LogP contribution in [0, 0.1) is 71.0 Å². The molecule has 1 N–H and O–H groups in total. The van der Waals surface area contributed by atoms with Gasteiger partial charge < -0.3 is 0 Å². The Kier molecular flexibility index (Phi) is 13.1. The highest BCUT2D eigenvalue weighted by Gasteiger charge is 2.44. The van der Waals surface area contributed by atoms with E-state index < -0.39 is 0 Å². The van der Waals surface area contributed by atoms with Gasteiger partial charge in [0.25, 0.3) is 0 Å². The lowest BCUT2D eigenvalue weighted by Crippen LogP contribution is -2.45. The molecule has 49 heavy (non-hydrogen) atoms. The van der Waals surface area contributed by atoms with Crippen molar-refractivity contribution in [3.8, 4) is 0 Å². The van der Waals surface area contributed by atoms with Crippen molar-refractivity contribution in [1.82, 2.24) is 10.2 Å². The second-order valence-corrected chi connectivity index (χ2v) is 19.7. The zero-order chi connectivity index (χ0) is 33.7. The summed E-state index contributed by atoms with van der Waals surface area (Å²) in [6, 6.07) is 0.658. The molecule has 0 aromatic rings. The van der Waals surface area contributed by atoms with Crippen LogP contribution >= 0.6 is 0 Å². The highest BCUT2D eigenvalue weighted by atomic mass is 15.3. The van der Waals surface area contributed by atoms with Gasteiger partial charge in [0.2, 0.25) is 0 Å². The van der Waals surface area contributed by atoms with Gasteiger partial charge in [0, 0.05) is 12.6 Å². The fourth-order valence-corrected chi connectivity index (χ4v) is 14.0. The summed E-state index contributed by atoms with van der Waals surface area (Å²) in [6.07, 6.45) is 43.1. The van der Waals surface area contributed by atoms with E-state index in [2.05, 4.69) is 56.1 Å². The van der Waals surface area contributed by atoms with Crippen molar-refractivity contribution in [3.05, 3.63) is 23.8 Å². The Labute approximate surface area is 304 Å². The van der Waals surface area contributed by atoms with E-state index in [1.807, 2.05) is 0 Å². The van der Waals surface area contributed by atoms with Gasteiger partial charge in [-0.15, -0.1) is 0 Å². The third kappa shape index (κ3) is 8.79. The average Bonchev–Trinajstić information content (AvgIpc) is 3.56. The summed E-state index contributed by atoms with van der Waals surface area (Å²) < 4.78 is 0. The highest BCUT2D eigenvalue weighted by Crippen LogP contribution is 2.52. The van der Waals surface area contributed by atoms with Crippen molar-refractivity contribution in [2.24, 2.45) is 71.0 Å². The first kappa shape index (κ1) is 36.7. The van der Waals surface area contributed by atoms with Crippen LogP contribution in [0.15, 0.2) is 23.8 Å². The predicted octanol–water partition coefficient (Wildman–Crippen LogP) is 12.6. The van der Waals surface area contributed by atoms with Crippen molar-refractivity contribution in [1.29, 1.82) is 0 Å². The van der Waals surface area contributed by atoms with Gasteiger partial charge in [-0.3, -0.25) is 10.2 Å². The predicted molar refractivity (Wildman–Crippen MR) is 210 cm³/mol. The summed E-state index contributed by atoms with van der Waals surface area (Å²) in [5, 5.41) is 4.21. The molecular formula is C47H80N2. The Bertz CT molecular complexity index is 1070. The molecule has 0 aromatic heterocycles. The van der Waals surface area contributed by atoms with Gasteiger partial charge in [-0.05, 0) is 147 Å². The quantitative estimate of drug-likeness (QED) is 0.289. The van der Waals surface area contributed by atoms with E-state index in [1.54, 1.807) is 31.3 Å². The number of nitrogens with one attached hydrogen (secondary N) is 1. The van der Waals surface area contributed by atoms with Crippen molar-refractivity contribution in [2.75, 3.05) is 13.1 Å². The number of allylic oxidation sites excluding steroid dienone is 3. The first-order valence-corrected chi connectivity index (χ1v) is 22.9. The van der Waals surface area contributed by atoms with Gasteiger partial charge >= 0.3 is 0 Å². The monoisotopic (exact) mass is 673 g/mol. The molecule has 0 bridgehead atoms. The zero-order valence-electron chi connectivity index (χ0n) is 32.9. The normalized spacial score (nSPS) is 44.7. The second-order valence-electron chi connectivity index (χ2n) is 19.7. The smallest absolute Gasteiger partial charge is 0.0603 e. The van der Waals surface area contributed by atoms with Crippen molar-refractivity contribution < 1.29 is 0 Å². The maximum Gasteiger partial charge on any atom is 0.0603 e. The third-order valence-corrected chi connectivity index (χ3v) is 16.7. The molecule has 5 aliphatic carbocycles. The van der Waals surface area contributed by atoms with Crippen LogP contribution in [0.5, 0.6) is 0 Å². The van der Waals surface area contributed by atoms with Gasteiger partial charge in [0.15, 0.2) is 0 Å². The van der Waals surface area contributed by atoms with E-state index in [9.17, 15) is 0 Å². The fraction of sp³-hybridized carbons (Fsp3) is 0.915. The number of hydrogen-bond acceptors (Lipinski definition) is 2. The Morgan fingerprint density at radius 3 is 2.22 bits per heavy atom. The highest BCUT2D eigenvalue weighted by molar-refractivity contribution is 5.27. The molecule has 278 valence electrons. The lowest BCUT2D eigenvalue weighted by atomic mass is 9.57. The van der Waals surface area contributed by atoms with Crippen LogP contribution in [0.25, 0.3) is 0 Å². The molecule has 2 heterocycles. The number of piperidine rings is 1. The molecule has 2 aliphatic heterocycles. The molecule has 2 heteroatoms. The number of rotatable bonds is 7. The average molecular weight is 673 g/mol. The molecule has 7 rings (SSSR count). The molecule has 6 fully saturated rings.